The van der Waals surface area contributed by atoms with Crippen LogP contribution in [0.1, 0.15) is 22.3 Å². The number of benzene rings is 2. The number of pyridine rings is 1. The number of nitrogens with zero attached hydrogens (tertiary/aromatic N) is 2. The van der Waals surface area contributed by atoms with Crippen LogP contribution in [0.15, 0.2) is 67.0 Å². The zero-order chi connectivity index (χ0) is 17.9. The zero-order valence-electron chi connectivity index (χ0n) is 14.7. The second kappa shape index (κ2) is 7.00. The van der Waals surface area contributed by atoms with Crippen molar-refractivity contribution in [2.75, 3.05) is 18.6 Å². The maximum atomic E-state index is 13.1. The number of hydrogen-bond acceptors (Lipinski definition) is 3. The van der Waals surface area contributed by atoms with Gasteiger partial charge in [0, 0.05) is 30.2 Å². The molecule has 4 rings (SSSR count). The number of aryl methyl sites for hydroxylation is 1. The molecule has 0 spiro atoms. The second-order valence-electron chi connectivity index (χ2n) is 6.38. The van der Waals surface area contributed by atoms with E-state index in [1.807, 2.05) is 53.4 Å². The van der Waals surface area contributed by atoms with Crippen molar-refractivity contribution in [3.8, 4) is 16.9 Å². The van der Waals surface area contributed by atoms with Crippen LogP contribution in [0.4, 0.5) is 5.69 Å². The molecule has 26 heavy (non-hydrogen) atoms. The molecule has 130 valence electrons. The first-order valence-electron chi connectivity index (χ1n) is 8.75. The van der Waals surface area contributed by atoms with E-state index in [2.05, 4.69) is 11.1 Å². The number of anilines is 1. The molecule has 0 N–H and O–H groups in total. The standard InChI is InChI=1S/C22H20N2O2/c1-26-20-9-4-7-17(13-20)18-12-19(15-23-14-18)22(25)24-11-5-8-16-6-2-3-10-21(16)24/h2-4,6-7,9-10,12-15H,5,8,11H2,1H3. The lowest BCUT2D eigenvalue weighted by Crippen LogP contribution is -2.35. The Balaban J connectivity index is 1.68. The first kappa shape index (κ1) is 16.3. The van der Waals surface area contributed by atoms with Crippen LogP contribution in [0.5, 0.6) is 5.75 Å². The Bertz CT molecular complexity index is 952. The molecule has 0 aliphatic carbocycles. The number of para-hydroxylation sites is 1. The molecule has 1 aliphatic heterocycles. The van der Waals surface area contributed by atoms with E-state index in [-0.39, 0.29) is 5.91 Å². The lowest BCUT2D eigenvalue weighted by molar-refractivity contribution is 0.0985. The fourth-order valence-corrected chi connectivity index (χ4v) is 3.42. The van der Waals surface area contributed by atoms with Crippen molar-refractivity contribution in [3.63, 3.8) is 0 Å². The molecule has 2 heterocycles. The summed E-state index contributed by atoms with van der Waals surface area (Å²) in [5.74, 6) is 0.776. The van der Waals surface area contributed by atoms with Crippen molar-refractivity contribution >= 4 is 11.6 Å². The van der Waals surface area contributed by atoms with E-state index in [1.165, 1.54) is 5.56 Å². The number of carbonyl (C=O) groups excluding carboxylic acids is 1. The monoisotopic (exact) mass is 344 g/mol. The number of methoxy groups -OCH3 is 1. The van der Waals surface area contributed by atoms with Gasteiger partial charge >= 0.3 is 0 Å². The Labute approximate surface area is 153 Å². The zero-order valence-corrected chi connectivity index (χ0v) is 14.7. The molecule has 1 amide bonds. The third-order valence-electron chi connectivity index (χ3n) is 4.74. The lowest BCUT2D eigenvalue weighted by Gasteiger charge is -2.29. The van der Waals surface area contributed by atoms with Crippen molar-refractivity contribution in [1.29, 1.82) is 0 Å². The topological polar surface area (TPSA) is 42.4 Å². The van der Waals surface area contributed by atoms with Gasteiger partial charge in [-0.1, -0.05) is 30.3 Å². The van der Waals surface area contributed by atoms with E-state index >= 15 is 0 Å². The third kappa shape index (κ3) is 3.06. The van der Waals surface area contributed by atoms with Gasteiger partial charge in [-0.25, -0.2) is 0 Å². The van der Waals surface area contributed by atoms with E-state index in [9.17, 15) is 4.79 Å². The summed E-state index contributed by atoms with van der Waals surface area (Å²) in [6.45, 7) is 0.735. The fourth-order valence-electron chi connectivity index (χ4n) is 3.42. The van der Waals surface area contributed by atoms with Gasteiger partial charge in [-0.3, -0.25) is 9.78 Å². The highest BCUT2D eigenvalue weighted by Gasteiger charge is 2.23. The average Bonchev–Trinajstić information content (AvgIpc) is 2.73. The minimum Gasteiger partial charge on any atom is -0.497 e. The van der Waals surface area contributed by atoms with Gasteiger partial charge in [-0.05, 0) is 48.2 Å². The van der Waals surface area contributed by atoms with E-state index < -0.39 is 0 Å². The van der Waals surface area contributed by atoms with Gasteiger partial charge < -0.3 is 9.64 Å². The van der Waals surface area contributed by atoms with Crippen molar-refractivity contribution in [1.82, 2.24) is 4.98 Å². The van der Waals surface area contributed by atoms with Crippen molar-refractivity contribution in [3.05, 3.63) is 78.1 Å². The molecular weight excluding hydrogens is 324 g/mol. The molecule has 0 fully saturated rings. The second-order valence-corrected chi connectivity index (χ2v) is 6.38. The van der Waals surface area contributed by atoms with Crippen LogP contribution in [0.25, 0.3) is 11.1 Å². The van der Waals surface area contributed by atoms with Gasteiger partial charge in [0.15, 0.2) is 0 Å². The summed E-state index contributed by atoms with van der Waals surface area (Å²) in [5.41, 5.74) is 4.71. The molecule has 1 aliphatic rings. The Hall–Kier alpha value is -3.14. The molecular formula is C22H20N2O2. The van der Waals surface area contributed by atoms with Crippen LogP contribution in [0, 0.1) is 0 Å². The number of hydrogen-bond donors (Lipinski definition) is 0. The van der Waals surface area contributed by atoms with E-state index in [0.29, 0.717) is 5.56 Å². The minimum atomic E-state index is -0.00519. The first-order valence-corrected chi connectivity index (χ1v) is 8.75. The summed E-state index contributed by atoms with van der Waals surface area (Å²) in [6.07, 6.45) is 5.41. The Morgan fingerprint density at radius 1 is 1.04 bits per heavy atom. The summed E-state index contributed by atoms with van der Waals surface area (Å²) in [4.78, 5) is 19.3. The predicted molar refractivity (Wildman–Crippen MR) is 103 cm³/mol. The summed E-state index contributed by atoms with van der Waals surface area (Å²) in [7, 11) is 1.64. The molecule has 0 unspecified atom stereocenters. The highest BCUT2D eigenvalue weighted by atomic mass is 16.5. The molecule has 0 atom stereocenters. The molecule has 0 bridgehead atoms. The van der Waals surface area contributed by atoms with Gasteiger partial charge in [0.1, 0.15) is 5.75 Å². The maximum Gasteiger partial charge on any atom is 0.259 e. The van der Waals surface area contributed by atoms with Crippen LogP contribution in [0.3, 0.4) is 0 Å². The number of fused-ring (bicyclic) bond motifs is 1. The SMILES string of the molecule is COc1cccc(-c2cncc(C(=O)N3CCCc4ccccc43)c2)c1. The first-order chi connectivity index (χ1) is 12.8. The average molecular weight is 344 g/mol. The summed E-state index contributed by atoms with van der Waals surface area (Å²) in [5, 5.41) is 0. The Morgan fingerprint density at radius 2 is 1.92 bits per heavy atom. The fraction of sp³-hybridized carbons (Fsp3) is 0.182. The van der Waals surface area contributed by atoms with Gasteiger partial charge in [-0.2, -0.15) is 0 Å². The van der Waals surface area contributed by atoms with E-state index in [4.69, 9.17) is 4.74 Å². The van der Waals surface area contributed by atoms with E-state index in [1.54, 1.807) is 19.5 Å². The van der Waals surface area contributed by atoms with Gasteiger partial charge in [0.05, 0.1) is 12.7 Å². The highest BCUT2D eigenvalue weighted by molar-refractivity contribution is 6.07. The molecule has 2 aromatic carbocycles. The molecule has 0 saturated heterocycles. The van der Waals surface area contributed by atoms with Gasteiger partial charge in [-0.15, -0.1) is 0 Å². The van der Waals surface area contributed by atoms with Crippen LogP contribution in [0.2, 0.25) is 0 Å². The number of carbonyl (C=O) groups is 1. The summed E-state index contributed by atoms with van der Waals surface area (Å²) < 4.78 is 5.29. The lowest BCUT2D eigenvalue weighted by atomic mass is 10.0. The third-order valence-corrected chi connectivity index (χ3v) is 4.74. The van der Waals surface area contributed by atoms with Gasteiger partial charge in [0.25, 0.3) is 5.91 Å². The van der Waals surface area contributed by atoms with E-state index in [0.717, 1.165) is 42.0 Å². The largest absolute Gasteiger partial charge is 0.497 e. The van der Waals surface area contributed by atoms with Crippen molar-refractivity contribution in [2.24, 2.45) is 0 Å². The predicted octanol–water partition coefficient (Wildman–Crippen LogP) is 4.35. The molecule has 4 heteroatoms. The highest BCUT2D eigenvalue weighted by Crippen LogP contribution is 2.29. The summed E-state index contributed by atoms with van der Waals surface area (Å²) >= 11 is 0. The number of ether oxygens (including phenoxy) is 1. The minimum absolute atomic E-state index is 0.00519. The van der Waals surface area contributed by atoms with Crippen LogP contribution in [-0.4, -0.2) is 24.5 Å². The van der Waals surface area contributed by atoms with Crippen molar-refractivity contribution < 1.29 is 9.53 Å². The molecule has 1 aromatic heterocycles. The van der Waals surface area contributed by atoms with Crippen LogP contribution < -0.4 is 9.64 Å². The maximum absolute atomic E-state index is 13.1. The molecule has 0 saturated carbocycles. The number of aromatic nitrogens is 1. The quantitative estimate of drug-likeness (QED) is 0.709. The van der Waals surface area contributed by atoms with Gasteiger partial charge in [0.2, 0.25) is 0 Å². The Kier molecular flexibility index (Phi) is 4.40. The molecule has 0 radical (unpaired) electrons. The smallest absolute Gasteiger partial charge is 0.259 e. The molecule has 4 nitrogen and oxygen atoms in total. The van der Waals surface area contributed by atoms with Crippen molar-refractivity contribution in [2.45, 2.75) is 12.8 Å². The molecule has 3 aromatic rings. The number of rotatable bonds is 3. The Morgan fingerprint density at radius 3 is 2.81 bits per heavy atom. The summed E-state index contributed by atoms with van der Waals surface area (Å²) in [6, 6.07) is 17.8. The van der Waals surface area contributed by atoms with Crippen LogP contribution >= 0.6 is 0 Å². The normalized spacial score (nSPS) is 13.2. The van der Waals surface area contributed by atoms with Crippen LogP contribution in [-0.2, 0) is 6.42 Å². The number of amides is 1.